The van der Waals surface area contributed by atoms with Gasteiger partial charge in [0.2, 0.25) is 0 Å². The van der Waals surface area contributed by atoms with Gasteiger partial charge in [0.25, 0.3) is 0 Å². The molecule has 3 heterocycles. The van der Waals surface area contributed by atoms with Crippen LogP contribution in [0.2, 0.25) is 0 Å². The van der Waals surface area contributed by atoms with Gasteiger partial charge in [-0.2, -0.15) is 5.10 Å². The molecule has 0 aliphatic heterocycles. The highest BCUT2D eigenvalue weighted by molar-refractivity contribution is 5.96. The van der Waals surface area contributed by atoms with Crippen LogP contribution >= 0.6 is 0 Å². The van der Waals surface area contributed by atoms with Crippen molar-refractivity contribution in [3.63, 3.8) is 0 Å². The monoisotopic (exact) mass is 248 g/mol. The van der Waals surface area contributed by atoms with E-state index in [2.05, 4.69) is 46.5 Å². The molecule has 0 spiro atoms. The number of aromatic nitrogens is 4. The quantitative estimate of drug-likeness (QED) is 0.562. The van der Waals surface area contributed by atoms with Gasteiger partial charge in [0.15, 0.2) is 0 Å². The molecule has 0 atom stereocenters. The van der Waals surface area contributed by atoms with Gasteiger partial charge >= 0.3 is 0 Å². The first-order valence-electron chi connectivity index (χ1n) is 6.19. The molecule has 0 radical (unpaired) electrons. The summed E-state index contributed by atoms with van der Waals surface area (Å²) in [6.45, 7) is 2.12. The van der Waals surface area contributed by atoms with Crippen LogP contribution in [0.25, 0.3) is 27.7 Å². The molecule has 0 aliphatic rings. The van der Waals surface area contributed by atoms with Crippen LogP contribution in [0.15, 0.2) is 49.1 Å². The number of hydrogen-bond donors (Lipinski definition) is 1. The number of rotatable bonds is 1. The van der Waals surface area contributed by atoms with E-state index in [0.29, 0.717) is 0 Å². The molecule has 1 N–H and O–H groups in total. The van der Waals surface area contributed by atoms with E-state index in [0.717, 1.165) is 16.6 Å². The fourth-order valence-corrected chi connectivity index (χ4v) is 2.58. The van der Waals surface area contributed by atoms with Crippen LogP contribution in [-0.2, 0) is 0 Å². The summed E-state index contributed by atoms with van der Waals surface area (Å²) < 4.78 is 2.04. The summed E-state index contributed by atoms with van der Waals surface area (Å²) in [7, 11) is 0. The molecule has 3 aromatic heterocycles. The standard InChI is InChI=1S/C15H12N4/c1-10-2-4-13-12(8-17-18-13)15(10)11-3-5-14-16-6-7-19(14)9-11/h2-9H,1H3,(H,17,18). The summed E-state index contributed by atoms with van der Waals surface area (Å²) >= 11 is 0. The maximum Gasteiger partial charge on any atom is 0.136 e. The highest BCUT2D eigenvalue weighted by atomic mass is 15.1. The highest BCUT2D eigenvalue weighted by Crippen LogP contribution is 2.30. The minimum atomic E-state index is 0.959. The molecule has 0 fully saturated rings. The van der Waals surface area contributed by atoms with Crippen molar-refractivity contribution < 1.29 is 0 Å². The number of nitrogens with one attached hydrogen (secondary N) is 1. The Balaban J connectivity index is 2.07. The number of aryl methyl sites for hydroxylation is 1. The third kappa shape index (κ3) is 1.46. The fourth-order valence-electron chi connectivity index (χ4n) is 2.58. The van der Waals surface area contributed by atoms with Gasteiger partial charge in [0.1, 0.15) is 5.65 Å². The van der Waals surface area contributed by atoms with Gasteiger partial charge < -0.3 is 4.40 Å². The van der Waals surface area contributed by atoms with E-state index in [-0.39, 0.29) is 0 Å². The number of aromatic amines is 1. The zero-order valence-electron chi connectivity index (χ0n) is 10.5. The summed E-state index contributed by atoms with van der Waals surface area (Å²) in [6.07, 6.45) is 7.76. The van der Waals surface area contributed by atoms with E-state index in [1.807, 2.05) is 29.1 Å². The smallest absolute Gasteiger partial charge is 0.136 e. The molecule has 19 heavy (non-hydrogen) atoms. The van der Waals surface area contributed by atoms with E-state index in [1.165, 1.54) is 16.7 Å². The lowest BCUT2D eigenvalue weighted by Gasteiger charge is -2.08. The van der Waals surface area contributed by atoms with Crippen molar-refractivity contribution in [3.05, 3.63) is 54.6 Å². The first kappa shape index (κ1) is 10.3. The van der Waals surface area contributed by atoms with Crippen LogP contribution < -0.4 is 0 Å². The highest BCUT2D eigenvalue weighted by Gasteiger charge is 2.09. The number of benzene rings is 1. The van der Waals surface area contributed by atoms with Gasteiger partial charge in [-0.1, -0.05) is 6.07 Å². The van der Waals surface area contributed by atoms with Gasteiger partial charge in [-0.3, -0.25) is 5.10 Å². The second kappa shape index (κ2) is 3.68. The Morgan fingerprint density at radius 2 is 2.11 bits per heavy atom. The third-order valence-electron chi connectivity index (χ3n) is 3.51. The minimum Gasteiger partial charge on any atom is -0.306 e. The Morgan fingerprint density at radius 3 is 3.05 bits per heavy atom. The summed E-state index contributed by atoms with van der Waals surface area (Å²) in [5, 5.41) is 8.31. The summed E-state index contributed by atoms with van der Waals surface area (Å²) in [5.74, 6) is 0. The number of fused-ring (bicyclic) bond motifs is 2. The van der Waals surface area contributed by atoms with Crippen molar-refractivity contribution in [2.75, 3.05) is 0 Å². The zero-order chi connectivity index (χ0) is 12.8. The Morgan fingerprint density at radius 1 is 1.16 bits per heavy atom. The molecule has 0 bridgehead atoms. The Kier molecular flexibility index (Phi) is 2.00. The van der Waals surface area contributed by atoms with Crippen molar-refractivity contribution in [3.8, 4) is 11.1 Å². The minimum absolute atomic E-state index is 0.959. The molecule has 4 nitrogen and oxygen atoms in total. The van der Waals surface area contributed by atoms with Crippen LogP contribution in [0, 0.1) is 6.92 Å². The summed E-state index contributed by atoms with van der Waals surface area (Å²) in [5.41, 5.74) is 5.66. The summed E-state index contributed by atoms with van der Waals surface area (Å²) in [4.78, 5) is 4.27. The second-order valence-corrected chi connectivity index (χ2v) is 4.70. The molecule has 0 saturated heterocycles. The van der Waals surface area contributed by atoms with Crippen molar-refractivity contribution in [1.29, 1.82) is 0 Å². The van der Waals surface area contributed by atoms with Gasteiger partial charge in [-0.15, -0.1) is 0 Å². The summed E-state index contributed by atoms with van der Waals surface area (Å²) in [6, 6.07) is 8.33. The first-order valence-corrected chi connectivity index (χ1v) is 6.19. The molecule has 4 rings (SSSR count). The molecule has 0 unspecified atom stereocenters. The van der Waals surface area contributed by atoms with Gasteiger partial charge in [0, 0.05) is 24.0 Å². The molecule has 4 heteroatoms. The van der Waals surface area contributed by atoms with E-state index < -0.39 is 0 Å². The second-order valence-electron chi connectivity index (χ2n) is 4.70. The first-order chi connectivity index (χ1) is 9.33. The predicted octanol–water partition coefficient (Wildman–Crippen LogP) is 3.19. The normalized spacial score (nSPS) is 11.4. The average molecular weight is 248 g/mol. The van der Waals surface area contributed by atoms with Gasteiger partial charge in [0.05, 0.1) is 11.7 Å². The molecular formula is C15H12N4. The topological polar surface area (TPSA) is 46.0 Å². The zero-order valence-corrected chi connectivity index (χ0v) is 10.5. The molecule has 1 aromatic carbocycles. The van der Waals surface area contributed by atoms with Crippen LogP contribution in [-0.4, -0.2) is 19.6 Å². The molecule has 0 aliphatic carbocycles. The molecule has 0 saturated carbocycles. The van der Waals surface area contributed by atoms with Crippen molar-refractivity contribution in [2.24, 2.45) is 0 Å². The van der Waals surface area contributed by atoms with Gasteiger partial charge in [-0.05, 0) is 41.8 Å². The Labute approximate surface area is 109 Å². The van der Waals surface area contributed by atoms with Crippen molar-refractivity contribution in [2.45, 2.75) is 6.92 Å². The number of H-pyrrole nitrogens is 1. The van der Waals surface area contributed by atoms with E-state index >= 15 is 0 Å². The Bertz CT molecular complexity index is 885. The Hall–Kier alpha value is -2.62. The number of hydrogen-bond acceptors (Lipinski definition) is 2. The lowest BCUT2D eigenvalue weighted by Crippen LogP contribution is -1.89. The van der Waals surface area contributed by atoms with E-state index in [9.17, 15) is 0 Å². The largest absolute Gasteiger partial charge is 0.306 e. The average Bonchev–Trinajstić information content (AvgIpc) is 3.05. The van der Waals surface area contributed by atoms with Crippen LogP contribution in [0.1, 0.15) is 5.56 Å². The fraction of sp³-hybridized carbons (Fsp3) is 0.0667. The lowest BCUT2D eigenvalue weighted by molar-refractivity contribution is 1.12. The van der Waals surface area contributed by atoms with Crippen LogP contribution in [0.3, 0.4) is 0 Å². The van der Waals surface area contributed by atoms with Crippen LogP contribution in [0.5, 0.6) is 0 Å². The molecule has 0 amide bonds. The van der Waals surface area contributed by atoms with Gasteiger partial charge in [-0.25, -0.2) is 4.98 Å². The number of imidazole rings is 1. The van der Waals surface area contributed by atoms with Crippen molar-refractivity contribution >= 4 is 16.6 Å². The van der Waals surface area contributed by atoms with Crippen molar-refractivity contribution in [1.82, 2.24) is 19.6 Å². The predicted molar refractivity (Wildman–Crippen MR) is 75.0 cm³/mol. The van der Waals surface area contributed by atoms with Crippen LogP contribution in [0.4, 0.5) is 0 Å². The number of nitrogens with zero attached hydrogens (tertiary/aromatic N) is 3. The lowest BCUT2D eigenvalue weighted by atomic mass is 9.98. The maximum absolute atomic E-state index is 4.27. The van der Waals surface area contributed by atoms with E-state index in [4.69, 9.17) is 0 Å². The number of pyridine rings is 1. The van der Waals surface area contributed by atoms with E-state index in [1.54, 1.807) is 0 Å². The SMILES string of the molecule is Cc1ccc2[nH]ncc2c1-c1ccc2nccn2c1. The maximum atomic E-state index is 4.27. The molecule has 4 aromatic rings. The third-order valence-corrected chi connectivity index (χ3v) is 3.51. The molecular weight excluding hydrogens is 236 g/mol. The molecule has 92 valence electrons.